The van der Waals surface area contributed by atoms with E-state index in [4.69, 9.17) is 16.3 Å². The molecule has 0 saturated carbocycles. The molecule has 6 heteroatoms. The van der Waals surface area contributed by atoms with Crippen molar-refractivity contribution in [1.82, 2.24) is 5.32 Å². The van der Waals surface area contributed by atoms with Gasteiger partial charge in [0.1, 0.15) is 12.4 Å². The highest BCUT2D eigenvalue weighted by Crippen LogP contribution is 2.26. The molecule has 0 spiro atoms. The average Bonchev–Trinajstić information content (AvgIpc) is 2.21. The topological polar surface area (TPSA) is 55.4 Å². The van der Waals surface area contributed by atoms with E-state index < -0.39 is 9.84 Å². The van der Waals surface area contributed by atoms with Crippen LogP contribution in [0.25, 0.3) is 0 Å². The first kappa shape index (κ1) is 14.3. The number of sulfone groups is 1. The normalized spacial score (nSPS) is 11.5. The van der Waals surface area contributed by atoms with E-state index in [9.17, 15) is 8.42 Å². The van der Waals surface area contributed by atoms with Gasteiger partial charge in [-0.1, -0.05) is 17.7 Å². The molecule has 0 atom stereocenters. The lowest BCUT2D eigenvalue weighted by molar-refractivity contribution is 0.337. The summed E-state index contributed by atoms with van der Waals surface area (Å²) in [6.07, 6.45) is 1.18. The molecule has 0 aromatic heterocycles. The molecule has 0 aliphatic heterocycles. The Morgan fingerprint density at radius 2 is 2.12 bits per heavy atom. The van der Waals surface area contributed by atoms with Crippen LogP contribution >= 0.6 is 11.6 Å². The van der Waals surface area contributed by atoms with E-state index in [1.54, 1.807) is 18.2 Å². The van der Waals surface area contributed by atoms with Gasteiger partial charge in [-0.2, -0.15) is 0 Å². The Balaban J connectivity index is 2.73. The lowest BCUT2D eigenvalue weighted by Gasteiger charge is -2.12. The van der Waals surface area contributed by atoms with E-state index in [-0.39, 0.29) is 12.4 Å². The highest BCUT2D eigenvalue weighted by molar-refractivity contribution is 7.90. The van der Waals surface area contributed by atoms with Crippen molar-refractivity contribution in [2.45, 2.75) is 6.54 Å². The van der Waals surface area contributed by atoms with Crippen LogP contribution in [0, 0.1) is 0 Å². The minimum atomic E-state index is -3.00. The van der Waals surface area contributed by atoms with Gasteiger partial charge in [0.2, 0.25) is 0 Å². The maximum Gasteiger partial charge on any atom is 0.150 e. The molecule has 0 aliphatic rings. The SMILES string of the molecule is CNCc1c(Cl)cccc1OCCS(C)(=O)=O. The minimum absolute atomic E-state index is 0.00148. The van der Waals surface area contributed by atoms with Gasteiger partial charge in [-0.05, 0) is 19.2 Å². The predicted molar refractivity (Wildman–Crippen MR) is 69.4 cm³/mol. The van der Waals surface area contributed by atoms with E-state index >= 15 is 0 Å². The second-order valence-corrected chi connectivity index (χ2v) is 6.39. The zero-order valence-electron chi connectivity index (χ0n) is 9.86. The van der Waals surface area contributed by atoms with Gasteiger partial charge < -0.3 is 10.1 Å². The standard InChI is InChI=1S/C11H16ClNO3S/c1-13-8-9-10(12)4-3-5-11(9)16-6-7-17(2,14)15/h3-5,13H,6-8H2,1-2H3. The Kier molecular flexibility index (Phi) is 5.24. The molecule has 0 unspecified atom stereocenters. The van der Waals surface area contributed by atoms with Crippen LogP contribution in [-0.2, 0) is 16.4 Å². The minimum Gasteiger partial charge on any atom is -0.492 e. The summed E-state index contributed by atoms with van der Waals surface area (Å²) in [6.45, 7) is 0.712. The molecular weight excluding hydrogens is 262 g/mol. The molecule has 0 aliphatic carbocycles. The molecular formula is C11H16ClNO3S. The molecule has 96 valence electrons. The van der Waals surface area contributed by atoms with Crippen LogP contribution in [0.4, 0.5) is 0 Å². The van der Waals surface area contributed by atoms with Gasteiger partial charge in [0, 0.05) is 23.4 Å². The Hall–Kier alpha value is -0.780. The molecule has 0 fully saturated rings. The van der Waals surface area contributed by atoms with Gasteiger partial charge in [0.25, 0.3) is 0 Å². The fraction of sp³-hybridized carbons (Fsp3) is 0.455. The lowest BCUT2D eigenvalue weighted by atomic mass is 10.2. The largest absolute Gasteiger partial charge is 0.492 e. The third-order valence-corrected chi connectivity index (χ3v) is 3.40. The summed E-state index contributed by atoms with van der Waals surface area (Å²) in [7, 11) is -1.19. The van der Waals surface area contributed by atoms with Crippen LogP contribution in [0.3, 0.4) is 0 Å². The zero-order chi connectivity index (χ0) is 12.9. The Labute approximate surface area is 107 Å². The highest BCUT2D eigenvalue weighted by Gasteiger charge is 2.08. The summed E-state index contributed by atoms with van der Waals surface area (Å²) in [5.41, 5.74) is 0.838. The van der Waals surface area contributed by atoms with Gasteiger partial charge >= 0.3 is 0 Å². The molecule has 0 heterocycles. The van der Waals surface area contributed by atoms with Crippen LogP contribution < -0.4 is 10.1 Å². The van der Waals surface area contributed by atoms with Crippen LogP contribution in [0.2, 0.25) is 5.02 Å². The molecule has 1 aromatic carbocycles. The molecule has 4 nitrogen and oxygen atoms in total. The molecule has 17 heavy (non-hydrogen) atoms. The van der Waals surface area contributed by atoms with E-state index in [2.05, 4.69) is 5.32 Å². The highest BCUT2D eigenvalue weighted by atomic mass is 35.5. The number of halogens is 1. The predicted octanol–water partition coefficient (Wildman–Crippen LogP) is 1.48. The van der Waals surface area contributed by atoms with E-state index in [1.807, 2.05) is 7.05 Å². The molecule has 0 bridgehead atoms. The fourth-order valence-electron chi connectivity index (χ4n) is 1.33. The average molecular weight is 278 g/mol. The second-order valence-electron chi connectivity index (χ2n) is 3.73. The number of rotatable bonds is 6. The fourth-order valence-corrected chi connectivity index (χ4v) is 1.94. The first-order valence-electron chi connectivity index (χ1n) is 5.16. The van der Waals surface area contributed by atoms with Crippen LogP contribution in [0.5, 0.6) is 5.75 Å². The van der Waals surface area contributed by atoms with Crippen molar-refractivity contribution in [1.29, 1.82) is 0 Å². The third kappa shape index (κ3) is 4.93. The molecule has 0 saturated heterocycles. The van der Waals surface area contributed by atoms with Crippen molar-refractivity contribution in [3.05, 3.63) is 28.8 Å². The Bertz CT molecular complexity index is 474. The molecule has 0 radical (unpaired) electrons. The van der Waals surface area contributed by atoms with Crippen molar-refractivity contribution in [2.24, 2.45) is 0 Å². The number of nitrogens with one attached hydrogen (secondary N) is 1. The van der Waals surface area contributed by atoms with Crippen LogP contribution in [0.15, 0.2) is 18.2 Å². The van der Waals surface area contributed by atoms with E-state index in [1.165, 1.54) is 6.26 Å². The van der Waals surface area contributed by atoms with Gasteiger partial charge in [-0.3, -0.25) is 0 Å². The smallest absolute Gasteiger partial charge is 0.150 e. The monoisotopic (exact) mass is 277 g/mol. The first-order chi connectivity index (χ1) is 7.94. The summed E-state index contributed by atoms with van der Waals surface area (Å²) in [4.78, 5) is 0. The summed E-state index contributed by atoms with van der Waals surface area (Å²) < 4.78 is 27.4. The second kappa shape index (κ2) is 6.23. The third-order valence-electron chi connectivity index (χ3n) is 2.14. The van der Waals surface area contributed by atoms with Crippen molar-refractivity contribution in [3.8, 4) is 5.75 Å². The Morgan fingerprint density at radius 1 is 1.41 bits per heavy atom. The van der Waals surface area contributed by atoms with E-state index in [0.717, 1.165) is 5.56 Å². The Morgan fingerprint density at radius 3 is 2.71 bits per heavy atom. The first-order valence-corrected chi connectivity index (χ1v) is 7.60. The molecule has 1 rings (SSSR count). The van der Waals surface area contributed by atoms with Crippen molar-refractivity contribution in [2.75, 3.05) is 25.7 Å². The van der Waals surface area contributed by atoms with Crippen molar-refractivity contribution in [3.63, 3.8) is 0 Å². The maximum atomic E-state index is 11.0. The summed E-state index contributed by atoms with van der Waals surface area (Å²) in [6, 6.07) is 5.33. The van der Waals surface area contributed by atoms with Crippen LogP contribution in [-0.4, -0.2) is 34.1 Å². The molecule has 1 N–H and O–H groups in total. The number of hydrogen-bond donors (Lipinski definition) is 1. The molecule has 1 aromatic rings. The van der Waals surface area contributed by atoms with Crippen LogP contribution in [0.1, 0.15) is 5.56 Å². The van der Waals surface area contributed by atoms with Gasteiger partial charge in [0.05, 0.1) is 5.75 Å². The maximum absolute atomic E-state index is 11.0. The van der Waals surface area contributed by atoms with Crippen molar-refractivity contribution < 1.29 is 13.2 Å². The molecule has 0 amide bonds. The summed E-state index contributed by atoms with van der Waals surface area (Å²) in [5.74, 6) is 0.619. The number of hydrogen-bond acceptors (Lipinski definition) is 4. The lowest BCUT2D eigenvalue weighted by Crippen LogP contribution is -2.14. The zero-order valence-corrected chi connectivity index (χ0v) is 11.4. The summed E-state index contributed by atoms with van der Waals surface area (Å²) >= 11 is 6.04. The summed E-state index contributed by atoms with van der Waals surface area (Å²) in [5, 5.41) is 3.60. The van der Waals surface area contributed by atoms with Gasteiger partial charge in [-0.25, -0.2) is 8.42 Å². The van der Waals surface area contributed by atoms with E-state index in [0.29, 0.717) is 17.3 Å². The van der Waals surface area contributed by atoms with Crippen molar-refractivity contribution >= 4 is 21.4 Å². The van der Waals surface area contributed by atoms with Gasteiger partial charge in [-0.15, -0.1) is 0 Å². The van der Waals surface area contributed by atoms with Gasteiger partial charge in [0.15, 0.2) is 9.84 Å². The number of ether oxygens (including phenoxy) is 1. The number of benzene rings is 1. The quantitative estimate of drug-likeness (QED) is 0.856.